The van der Waals surface area contributed by atoms with Gasteiger partial charge in [0.2, 0.25) is 0 Å². The van der Waals surface area contributed by atoms with E-state index in [-0.39, 0.29) is 0 Å². The molecule has 10 heavy (non-hydrogen) atoms. The van der Waals surface area contributed by atoms with Gasteiger partial charge in [0.1, 0.15) is 0 Å². The Bertz CT molecular complexity index is 237. The Morgan fingerprint density at radius 1 is 1.90 bits per heavy atom. The summed E-state index contributed by atoms with van der Waals surface area (Å²) in [6, 6.07) is 1.90. The molecule has 1 heterocycles. The highest BCUT2D eigenvalue weighted by Crippen LogP contribution is 2.05. The fourth-order valence-corrected chi connectivity index (χ4v) is 0.708. The summed E-state index contributed by atoms with van der Waals surface area (Å²) in [5.41, 5.74) is 7.12. The third-order valence-electron chi connectivity index (χ3n) is 1.32. The average molecular weight is 137 g/mol. The summed E-state index contributed by atoms with van der Waals surface area (Å²) in [5, 5.41) is 4.12. The van der Waals surface area contributed by atoms with Crippen molar-refractivity contribution in [1.29, 1.82) is 0 Å². The lowest BCUT2D eigenvalue weighted by atomic mass is 10.2. The topological polar surface area (TPSA) is 43.8 Å². The summed E-state index contributed by atoms with van der Waals surface area (Å²) in [4.78, 5) is 0. The van der Waals surface area contributed by atoms with E-state index in [0.717, 1.165) is 11.3 Å². The molecular weight excluding hydrogens is 126 g/mol. The second kappa shape index (κ2) is 2.66. The maximum atomic E-state index is 5.36. The van der Waals surface area contributed by atoms with Crippen LogP contribution in [0.25, 0.3) is 5.57 Å². The van der Waals surface area contributed by atoms with Crippen LogP contribution in [-0.4, -0.2) is 16.3 Å². The Balaban J connectivity index is 2.85. The van der Waals surface area contributed by atoms with Crippen LogP contribution in [-0.2, 0) is 7.05 Å². The number of hydrogen-bond acceptors (Lipinski definition) is 2. The molecule has 0 saturated carbocycles. The summed E-state index contributed by atoms with van der Waals surface area (Å²) >= 11 is 0. The zero-order chi connectivity index (χ0) is 7.56. The molecule has 0 spiro atoms. The van der Waals surface area contributed by atoms with Crippen molar-refractivity contribution in [2.75, 3.05) is 6.54 Å². The van der Waals surface area contributed by atoms with Gasteiger partial charge in [0.15, 0.2) is 0 Å². The Morgan fingerprint density at radius 3 is 3.00 bits per heavy atom. The van der Waals surface area contributed by atoms with Crippen LogP contribution >= 0.6 is 0 Å². The third-order valence-corrected chi connectivity index (χ3v) is 1.32. The van der Waals surface area contributed by atoms with Crippen LogP contribution in [0.1, 0.15) is 5.69 Å². The first-order chi connectivity index (χ1) is 4.74. The number of hydrogen-bond donors (Lipinski definition) is 1. The van der Waals surface area contributed by atoms with E-state index >= 15 is 0 Å². The Labute approximate surface area is 60.1 Å². The van der Waals surface area contributed by atoms with E-state index in [0.29, 0.717) is 6.54 Å². The maximum absolute atomic E-state index is 5.36. The Hall–Kier alpha value is -1.09. The maximum Gasteiger partial charge on any atom is 0.0889 e. The Morgan fingerprint density at radius 2 is 2.60 bits per heavy atom. The largest absolute Gasteiger partial charge is 0.326 e. The lowest BCUT2D eigenvalue weighted by molar-refractivity contribution is 0.762. The van der Waals surface area contributed by atoms with Crippen LogP contribution in [0.15, 0.2) is 18.8 Å². The summed E-state index contributed by atoms with van der Waals surface area (Å²) in [7, 11) is 1.87. The highest BCUT2D eigenvalue weighted by Gasteiger charge is 1.97. The lowest BCUT2D eigenvalue weighted by Gasteiger charge is -1.93. The molecule has 0 saturated heterocycles. The number of aromatic nitrogens is 2. The molecule has 0 aromatic carbocycles. The van der Waals surface area contributed by atoms with E-state index in [1.165, 1.54) is 0 Å². The van der Waals surface area contributed by atoms with E-state index in [2.05, 4.69) is 11.7 Å². The summed E-state index contributed by atoms with van der Waals surface area (Å²) in [5.74, 6) is 0. The van der Waals surface area contributed by atoms with Gasteiger partial charge in [-0.25, -0.2) is 0 Å². The summed E-state index contributed by atoms with van der Waals surface area (Å²) < 4.78 is 1.73. The van der Waals surface area contributed by atoms with Gasteiger partial charge in [-0.1, -0.05) is 6.58 Å². The zero-order valence-electron chi connectivity index (χ0n) is 6.04. The van der Waals surface area contributed by atoms with Crippen LogP contribution in [0.4, 0.5) is 0 Å². The molecule has 2 N–H and O–H groups in total. The lowest BCUT2D eigenvalue weighted by Crippen LogP contribution is -2.01. The molecule has 1 aromatic heterocycles. The van der Waals surface area contributed by atoms with Gasteiger partial charge in [0, 0.05) is 19.8 Å². The van der Waals surface area contributed by atoms with Crippen LogP contribution in [0.2, 0.25) is 0 Å². The van der Waals surface area contributed by atoms with Crippen molar-refractivity contribution in [3.05, 3.63) is 24.5 Å². The van der Waals surface area contributed by atoms with Crippen LogP contribution in [0, 0.1) is 0 Å². The average Bonchev–Trinajstić information content (AvgIpc) is 2.34. The predicted molar refractivity (Wildman–Crippen MR) is 41.3 cm³/mol. The molecule has 0 fully saturated rings. The minimum absolute atomic E-state index is 0.469. The molecule has 3 heteroatoms. The Kier molecular flexibility index (Phi) is 1.87. The van der Waals surface area contributed by atoms with Crippen molar-refractivity contribution < 1.29 is 0 Å². The molecule has 1 rings (SSSR count). The van der Waals surface area contributed by atoms with E-state index < -0.39 is 0 Å². The number of aryl methyl sites for hydroxylation is 1. The van der Waals surface area contributed by atoms with Crippen LogP contribution in [0.5, 0.6) is 0 Å². The molecule has 0 aliphatic carbocycles. The number of nitrogens with two attached hydrogens (primary N) is 1. The van der Waals surface area contributed by atoms with E-state index in [4.69, 9.17) is 5.73 Å². The van der Waals surface area contributed by atoms with Gasteiger partial charge in [-0.15, -0.1) is 0 Å². The molecule has 3 nitrogen and oxygen atoms in total. The van der Waals surface area contributed by atoms with Gasteiger partial charge >= 0.3 is 0 Å². The van der Waals surface area contributed by atoms with Crippen molar-refractivity contribution in [2.24, 2.45) is 12.8 Å². The molecule has 0 radical (unpaired) electrons. The first-order valence-corrected chi connectivity index (χ1v) is 3.12. The molecule has 0 aliphatic heterocycles. The minimum atomic E-state index is 0.469. The van der Waals surface area contributed by atoms with Gasteiger partial charge < -0.3 is 5.73 Å². The van der Waals surface area contributed by atoms with Crippen molar-refractivity contribution in [1.82, 2.24) is 9.78 Å². The number of nitrogens with zero attached hydrogens (tertiary/aromatic N) is 2. The molecule has 1 aromatic rings. The third kappa shape index (κ3) is 1.25. The molecule has 0 unspecified atom stereocenters. The van der Waals surface area contributed by atoms with Gasteiger partial charge in [-0.2, -0.15) is 5.10 Å². The van der Waals surface area contributed by atoms with Crippen molar-refractivity contribution >= 4 is 5.57 Å². The molecule has 54 valence electrons. The zero-order valence-corrected chi connectivity index (χ0v) is 6.04. The second-order valence-corrected chi connectivity index (χ2v) is 2.18. The van der Waals surface area contributed by atoms with Gasteiger partial charge in [-0.05, 0) is 11.6 Å². The highest BCUT2D eigenvalue weighted by molar-refractivity contribution is 5.60. The predicted octanol–water partition coefficient (Wildman–Crippen LogP) is 0.392. The molecule has 0 amide bonds. The van der Waals surface area contributed by atoms with Crippen LogP contribution in [0.3, 0.4) is 0 Å². The molecule has 0 bridgehead atoms. The smallest absolute Gasteiger partial charge is 0.0889 e. The van der Waals surface area contributed by atoms with E-state index in [1.54, 1.807) is 4.68 Å². The van der Waals surface area contributed by atoms with Crippen LogP contribution < -0.4 is 5.73 Å². The minimum Gasteiger partial charge on any atom is -0.326 e. The van der Waals surface area contributed by atoms with Crippen molar-refractivity contribution in [2.45, 2.75) is 0 Å². The van der Waals surface area contributed by atoms with Gasteiger partial charge in [0.05, 0.1) is 5.69 Å². The molecule has 0 atom stereocenters. The van der Waals surface area contributed by atoms with E-state index in [1.807, 2.05) is 19.3 Å². The molecule has 0 aliphatic rings. The normalized spacial score (nSPS) is 9.80. The summed E-state index contributed by atoms with van der Waals surface area (Å²) in [6.45, 7) is 4.23. The monoisotopic (exact) mass is 137 g/mol. The van der Waals surface area contributed by atoms with Gasteiger partial charge in [-0.3, -0.25) is 4.68 Å². The quantitative estimate of drug-likeness (QED) is 0.641. The first-order valence-electron chi connectivity index (χ1n) is 3.12. The molecular formula is C7H11N3. The van der Waals surface area contributed by atoms with Gasteiger partial charge in [0.25, 0.3) is 0 Å². The SMILES string of the molecule is C=C(CN)c1ccn(C)n1. The second-order valence-electron chi connectivity index (χ2n) is 2.18. The number of rotatable bonds is 2. The summed E-state index contributed by atoms with van der Waals surface area (Å²) in [6.07, 6.45) is 1.87. The van der Waals surface area contributed by atoms with Crippen molar-refractivity contribution in [3.63, 3.8) is 0 Å². The van der Waals surface area contributed by atoms with E-state index in [9.17, 15) is 0 Å². The standard InChI is InChI=1S/C7H11N3/c1-6(5-8)7-3-4-10(2)9-7/h3-4H,1,5,8H2,2H3. The van der Waals surface area contributed by atoms with Crippen molar-refractivity contribution in [3.8, 4) is 0 Å². The fourth-order valence-electron chi connectivity index (χ4n) is 0.708. The fraction of sp³-hybridized carbons (Fsp3) is 0.286. The first kappa shape index (κ1) is 7.02. The highest BCUT2D eigenvalue weighted by atomic mass is 15.2.